The van der Waals surface area contributed by atoms with E-state index >= 15 is 0 Å². The fourth-order valence-corrected chi connectivity index (χ4v) is 3.46. The average Bonchev–Trinajstić information content (AvgIpc) is 3.14. The van der Waals surface area contributed by atoms with Gasteiger partial charge in [-0.1, -0.05) is 43.7 Å². The van der Waals surface area contributed by atoms with E-state index in [0.29, 0.717) is 19.6 Å². The Labute approximate surface area is 160 Å². The molecule has 6 heteroatoms. The van der Waals surface area contributed by atoms with Crippen LogP contribution in [0.4, 0.5) is 0 Å². The van der Waals surface area contributed by atoms with E-state index in [4.69, 9.17) is 0 Å². The number of nitrogens with zero attached hydrogens (tertiary/aromatic N) is 4. The molecule has 1 aliphatic heterocycles. The van der Waals surface area contributed by atoms with Crippen LogP contribution in [0, 0.1) is 6.92 Å². The van der Waals surface area contributed by atoms with Gasteiger partial charge in [0.15, 0.2) is 0 Å². The third kappa shape index (κ3) is 4.21. The van der Waals surface area contributed by atoms with Gasteiger partial charge in [-0.15, -0.1) is 0 Å². The number of amides is 2. The molecule has 0 spiro atoms. The normalized spacial score (nSPS) is 16.1. The molecule has 0 saturated carbocycles. The molecule has 1 aromatic heterocycles. The van der Waals surface area contributed by atoms with Gasteiger partial charge in [0, 0.05) is 37.9 Å². The summed E-state index contributed by atoms with van der Waals surface area (Å²) in [5, 5.41) is 0. The fourth-order valence-electron chi connectivity index (χ4n) is 3.46. The Balaban J connectivity index is 1.63. The summed E-state index contributed by atoms with van der Waals surface area (Å²) >= 11 is 0. The number of aromatic nitrogens is 2. The van der Waals surface area contributed by atoms with Crippen molar-refractivity contribution in [1.82, 2.24) is 19.4 Å². The highest BCUT2D eigenvalue weighted by Crippen LogP contribution is 2.20. The third-order valence-corrected chi connectivity index (χ3v) is 5.11. The number of hydrogen-bond donors (Lipinski definition) is 0. The number of carbonyl (C=O) groups is 2. The number of imidazole rings is 1. The van der Waals surface area contributed by atoms with E-state index in [1.807, 2.05) is 29.5 Å². The minimum absolute atomic E-state index is 0.00270. The second kappa shape index (κ2) is 7.94. The number of aryl methyl sites for hydroxylation is 1. The molecule has 0 aliphatic carbocycles. The Morgan fingerprint density at radius 3 is 2.48 bits per heavy atom. The van der Waals surface area contributed by atoms with Gasteiger partial charge in [0.2, 0.25) is 11.8 Å². The first-order valence-electron chi connectivity index (χ1n) is 9.51. The lowest BCUT2D eigenvalue weighted by Crippen LogP contribution is -2.53. The lowest BCUT2D eigenvalue weighted by molar-refractivity contribution is -0.147. The highest BCUT2D eigenvalue weighted by molar-refractivity contribution is 5.87. The summed E-state index contributed by atoms with van der Waals surface area (Å²) in [5.74, 6) is 1.10. The van der Waals surface area contributed by atoms with E-state index in [1.165, 1.54) is 5.56 Å². The quantitative estimate of drug-likeness (QED) is 0.815. The number of carbonyl (C=O) groups excluding carboxylic acids is 2. The Kier molecular flexibility index (Phi) is 5.63. The first kappa shape index (κ1) is 19.1. The van der Waals surface area contributed by atoms with Crippen LogP contribution in [0.1, 0.15) is 49.7 Å². The van der Waals surface area contributed by atoms with E-state index in [-0.39, 0.29) is 30.3 Å². The van der Waals surface area contributed by atoms with Crippen LogP contribution in [0.25, 0.3) is 0 Å². The Morgan fingerprint density at radius 1 is 1.15 bits per heavy atom. The molecule has 0 radical (unpaired) electrons. The summed E-state index contributed by atoms with van der Waals surface area (Å²) in [6, 6.07) is 7.85. The average molecular weight is 368 g/mol. The Hall–Kier alpha value is -2.63. The molecule has 144 valence electrons. The lowest BCUT2D eigenvalue weighted by atomic mass is 10.1. The second-order valence-electron chi connectivity index (χ2n) is 7.58. The summed E-state index contributed by atoms with van der Waals surface area (Å²) in [4.78, 5) is 33.4. The predicted octanol–water partition coefficient (Wildman–Crippen LogP) is 2.75. The van der Waals surface area contributed by atoms with Crippen molar-refractivity contribution < 1.29 is 9.59 Å². The molecule has 27 heavy (non-hydrogen) atoms. The smallest absolute Gasteiger partial charge is 0.245 e. The minimum atomic E-state index is -0.360. The van der Waals surface area contributed by atoms with Crippen molar-refractivity contribution in [2.45, 2.75) is 46.2 Å². The predicted molar refractivity (Wildman–Crippen MR) is 104 cm³/mol. The first-order valence-corrected chi connectivity index (χ1v) is 9.51. The molecular formula is C21H28N4O2. The molecule has 1 fully saturated rings. The van der Waals surface area contributed by atoms with Gasteiger partial charge in [-0.05, 0) is 19.4 Å². The number of piperazine rings is 1. The van der Waals surface area contributed by atoms with Gasteiger partial charge in [0.05, 0.1) is 6.54 Å². The van der Waals surface area contributed by atoms with Gasteiger partial charge in [-0.2, -0.15) is 0 Å². The molecule has 0 bridgehead atoms. The van der Waals surface area contributed by atoms with E-state index in [2.05, 4.69) is 43.1 Å². The fraction of sp³-hybridized carbons (Fsp3) is 0.476. The first-order chi connectivity index (χ1) is 12.9. The molecule has 3 rings (SSSR count). The monoisotopic (exact) mass is 368 g/mol. The van der Waals surface area contributed by atoms with Crippen LogP contribution in [-0.4, -0.2) is 50.8 Å². The van der Waals surface area contributed by atoms with Gasteiger partial charge in [0.1, 0.15) is 11.9 Å². The van der Waals surface area contributed by atoms with Crippen LogP contribution in [0.5, 0.6) is 0 Å². The van der Waals surface area contributed by atoms with E-state index < -0.39 is 0 Å². The van der Waals surface area contributed by atoms with Crippen molar-refractivity contribution in [1.29, 1.82) is 0 Å². The topological polar surface area (TPSA) is 58.4 Å². The Morgan fingerprint density at radius 2 is 1.85 bits per heavy atom. The molecule has 0 N–H and O–H groups in total. The number of rotatable bonds is 5. The van der Waals surface area contributed by atoms with Gasteiger partial charge >= 0.3 is 0 Å². The molecule has 0 unspecified atom stereocenters. The van der Waals surface area contributed by atoms with Crippen LogP contribution in [0.2, 0.25) is 0 Å². The zero-order valence-corrected chi connectivity index (χ0v) is 16.6. The van der Waals surface area contributed by atoms with Crippen molar-refractivity contribution in [2.24, 2.45) is 0 Å². The molecule has 2 heterocycles. The molecule has 1 aromatic carbocycles. The summed E-state index contributed by atoms with van der Waals surface area (Å²) in [6.07, 6.45) is 3.57. The number of hydrogen-bond acceptors (Lipinski definition) is 3. The molecular weight excluding hydrogens is 340 g/mol. The van der Waals surface area contributed by atoms with Crippen molar-refractivity contribution in [3.05, 3.63) is 53.6 Å². The maximum atomic E-state index is 12.9. The van der Waals surface area contributed by atoms with Crippen LogP contribution in [0.15, 0.2) is 36.7 Å². The van der Waals surface area contributed by atoms with Gasteiger partial charge in [-0.25, -0.2) is 4.98 Å². The summed E-state index contributed by atoms with van der Waals surface area (Å²) in [7, 11) is 0. The summed E-state index contributed by atoms with van der Waals surface area (Å²) in [6.45, 7) is 9.90. The summed E-state index contributed by atoms with van der Waals surface area (Å²) < 4.78 is 1.91. The molecule has 1 aliphatic rings. The van der Waals surface area contributed by atoms with Crippen molar-refractivity contribution in [2.75, 3.05) is 19.6 Å². The maximum absolute atomic E-state index is 12.9. The van der Waals surface area contributed by atoms with E-state index in [1.54, 1.807) is 11.1 Å². The minimum Gasteiger partial charge on any atom is -0.335 e. The standard InChI is InChI=1S/C21H28N4O2/c1-15(2)20-22-9-10-25(20)17(4)21(27)24-12-11-23(19(26)14-24)13-18-7-5-16(3)6-8-18/h5-10,15,17H,11-14H2,1-4H3/t17-/m1/s1. The SMILES string of the molecule is Cc1ccc(CN2CCN(C(=O)[C@@H](C)n3ccnc3C(C)C)CC2=O)cc1. The van der Waals surface area contributed by atoms with Crippen LogP contribution >= 0.6 is 0 Å². The van der Waals surface area contributed by atoms with E-state index in [9.17, 15) is 9.59 Å². The maximum Gasteiger partial charge on any atom is 0.245 e. The molecule has 2 amide bonds. The number of benzene rings is 1. The van der Waals surface area contributed by atoms with Crippen LogP contribution in [-0.2, 0) is 16.1 Å². The highest BCUT2D eigenvalue weighted by Gasteiger charge is 2.31. The lowest BCUT2D eigenvalue weighted by Gasteiger charge is -2.36. The second-order valence-corrected chi connectivity index (χ2v) is 7.58. The zero-order valence-electron chi connectivity index (χ0n) is 16.6. The van der Waals surface area contributed by atoms with Crippen molar-refractivity contribution in [3.8, 4) is 0 Å². The van der Waals surface area contributed by atoms with Gasteiger partial charge in [-0.3, -0.25) is 9.59 Å². The summed E-state index contributed by atoms with van der Waals surface area (Å²) in [5.41, 5.74) is 2.32. The van der Waals surface area contributed by atoms with Crippen LogP contribution in [0.3, 0.4) is 0 Å². The third-order valence-electron chi connectivity index (χ3n) is 5.11. The van der Waals surface area contributed by atoms with Gasteiger partial charge < -0.3 is 14.4 Å². The molecule has 1 atom stereocenters. The molecule has 1 saturated heterocycles. The largest absolute Gasteiger partial charge is 0.335 e. The van der Waals surface area contributed by atoms with Crippen molar-refractivity contribution in [3.63, 3.8) is 0 Å². The Bertz CT molecular complexity index is 810. The van der Waals surface area contributed by atoms with E-state index in [0.717, 1.165) is 11.4 Å². The molecule has 6 nitrogen and oxygen atoms in total. The van der Waals surface area contributed by atoms with Gasteiger partial charge in [0.25, 0.3) is 0 Å². The van der Waals surface area contributed by atoms with Crippen LogP contribution < -0.4 is 0 Å². The van der Waals surface area contributed by atoms with Crippen molar-refractivity contribution >= 4 is 11.8 Å². The molecule has 2 aromatic rings. The highest BCUT2D eigenvalue weighted by atomic mass is 16.2. The zero-order chi connectivity index (χ0) is 19.6.